The molecular weight excluding hydrogens is 328 g/mol. The van der Waals surface area contributed by atoms with Gasteiger partial charge in [-0.1, -0.05) is 53.4 Å². The number of rotatable bonds is 12. The molecule has 0 saturated carbocycles. The van der Waals surface area contributed by atoms with Crippen molar-refractivity contribution in [1.82, 2.24) is 0 Å². The molecule has 1 N–H and O–H groups in total. The van der Waals surface area contributed by atoms with Gasteiger partial charge in [-0.15, -0.1) is 0 Å². The average Bonchev–Trinajstić information content (AvgIpc) is 2.45. The molecular formula is C17H37NNa2O4. The Balaban J connectivity index is -0.000000154. The number of unbranched alkanes of at least 4 members (excludes halogenated alkanes) is 4. The zero-order chi connectivity index (χ0) is 16.6. The van der Waals surface area contributed by atoms with Crippen molar-refractivity contribution in [3.8, 4) is 0 Å². The van der Waals surface area contributed by atoms with Crippen LogP contribution >= 0.6 is 0 Å². The molecule has 0 aromatic carbocycles. The van der Waals surface area contributed by atoms with Crippen LogP contribution < -0.4 is 69.3 Å². The molecule has 0 aliphatic carbocycles. The van der Waals surface area contributed by atoms with Gasteiger partial charge in [0.05, 0.1) is 26.2 Å². The number of hydrogen-bond acceptors (Lipinski definition) is 4. The van der Waals surface area contributed by atoms with E-state index in [1.165, 1.54) is 82.0 Å². The van der Waals surface area contributed by atoms with Crippen molar-refractivity contribution in [2.75, 3.05) is 26.2 Å². The van der Waals surface area contributed by atoms with Crippen molar-refractivity contribution in [1.29, 1.82) is 0 Å². The molecule has 0 aliphatic heterocycles. The minimum absolute atomic E-state index is 0. The number of quaternary nitrogens is 1. The third-order valence-electron chi connectivity index (χ3n) is 3.94. The van der Waals surface area contributed by atoms with Crippen LogP contribution in [0.4, 0.5) is 4.79 Å². The van der Waals surface area contributed by atoms with Gasteiger partial charge < -0.3 is 25.0 Å². The first-order chi connectivity index (χ1) is 9.97. The van der Waals surface area contributed by atoms with Gasteiger partial charge in [-0.3, -0.25) is 0 Å². The van der Waals surface area contributed by atoms with Crippen molar-refractivity contribution in [2.45, 2.75) is 79.1 Å². The molecule has 0 radical (unpaired) electrons. The van der Waals surface area contributed by atoms with Crippen LogP contribution in [0.15, 0.2) is 0 Å². The standard InChI is InChI=1S/C16H36N.CH2O3.2Na.H2O/c1-5-9-13-17(14-10-6-2,15-11-7-3)16-12-8-4;2-1(3)4;;;/h5-16H2,1-4H3;(H2,2,3,4);;;1H2/q+1;;2*+1;/p-3. The minimum atomic E-state index is -2.33. The molecule has 0 heterocycles. The Kier molecular flexibility index (Phi) is 39.8. The van der Waals surface area contributed by atoms with E-state index in [1.54, 1.807) is 0 Å². The maximum atomic E-state index is 8.33. The second kappa shape index (κ2) is 26.4. The van der Waals surface area contributed by atoms with E-state index in [9.17, 15) is 0 Å². The maximum Gasteiger partial charge on any atom is 1.00 e. The van der Waals surface area contributed by atoms with E-state index in [0.29, 0.717) is 0 Å². The fourth-order valence-electron chi connectivity index (χ4n) is 2.64. The maximum absolute atomic E-state index is 8.33. The van der Waals surface area contributed by atoms with E-state index in [0.717, 1.165) is 0 Å². The second-order valence-corrected chi connectivity index (χ2v) is 5.90. The van der Waals surface area contributed by atoms with Crippen LogP contribution in [0.2, 0.25) is 0 Å². The van der Waals surface area contributed by atoms with Crippen LogP contribution in [0.3, 0.4) is 0 Å². The van der Waals surface area contributed by atoms with E-state index in [1.807, 2.05) is 0 Å². The molecule has 0 saturated heterocycles. The average molecular weight is 365 g/mol. The first kappa shape index (κ1) is 36.2. The summed E-state index contributed by atoms with van der Waals surface area (Å²) in [4.78, 5) is 8.33. The molecule has 0 atom stereocenters. The number of nitrogens with zero attached hydrogens (tertiary/aromatic N) is 1. The number of carboxylic acid groups (broad SMARTS) is 2. The molecule has 0 aromatic rings. The zero-order valence-electron chi connectivity index (χ0n) is 17.1. The van der Waals surface area contributed by atoms with Gasteiger partial charge in [-0.25, -0.2) is 0 Å². The van der Waals surface area contributed by atoms with E-state index in [4.69, 9.17) is 15.0 Å². The molecule has 0 rings (SSSR count). The number of hydrogen-bond donors (Lipinski definition) is 0. The smallest absolute Gasteiger partial charge is 0.870 e. The summed E-state index contributed by atoms with van der Waals surface area (Å²) in [5.74, 6) is 0. The summed E-state index contributed by atoms with van der Waals surface area (Å²) < 4.78 is 1.42. The van der Waals surface area contributed by atoms with Gasteiger partial charge in [0.25, 0.3) is 0 Å². The molecule has 0 bridgehead atoms. The zero-order valence-corrected chi connectivity index (χ0v) is 21.1. The molecule has 24 heavy (non-hydrogen) atoms. The predicted octanol–water partition coefficient (Wildman–Crippen LogP) is -3.61. The quantitative estimate of drug-likeness (QED) is 0.264. The number of carbonyl (C=O) groups is 1. The van der Waals surface area contributed by atoms with Crippen LogP contribution in [-0.2, 0) is 0 Å². The molecule has 0 unspecified atom stereocenters. The van der Waals surface area contributed by atoms with Gasteiger partial charge in [0, 0.05) is 0 Å². The molecule has 0 amide bonds. The SMILES string of the molecule is CCCC[N+](CCCC)(CCCC)CCCC.O=C([O-])[O-].[Na+].[Na+].[OH-]. The van der Waals surface area contributed by atoms with Crippen molar-refractivity contribution >= 4 is 6.16 Å². The largest absolute Gasteiger partial charge is 1.00 e. The first-order valence-electron chi connectivity index (χ1n) is 8.71. The summed E-state index contributed by atoms with van der Waals surface area (Å²) in [7, 11) is 0. The van der Waals surface area contributed by atoms with E-state index in [-0.39, 0.29) is 64.6 Å². The van der Waals surface area contributed by atoms with Gasteiger partial charge in [-0.2, -0.15) is 0 Å². The van der Waals surface area contributed by atoms with Crippen molar-refractivity contribution in [3.05, 3.63) is 0 Å². The molecule has 0 aliphatic rings. The Morgan fingerprint density at radius 3 is 0.958 bits per heavy atom. The predicted molar refractivity (Wildman–Crippen MR) is 86.7 cm³/mol. The molecule has 5 nitrogen and oxygen atoms in total. The Morgan fingerprint density at radius 2 is 0.833 bits per heavy atom. The molecule has 0 spiro atoms. The van der Waals surface area contributed by atoms with E-state index < -0.39 is 6.16 Å². The third kappa shape index (κ3) is 25.4. The fourth-order valence-corrected chi connectivity index (χ4v) is 2.64. The Labute approximate surface area is 194 Å². The molecule has 7 heteroatoms. The van der Waals surface area contributed by atoms with Crippen LogP contribution in [0.5, 0.6) is 0 Å². The van der Waals surface area contributed by atoms with Gasteiger partial charge in [0.15, 0.2) is 0 Å². The first-order valence-corrected chi connectivity index (χ1v) is 8.71. The van der Waals surface area contributed by atoms with Crippen LogP contribution in [0.1, 0.15) is 79.1 Å². The summed E-state index contributed by atoms with van der Waals surface area (Å²) in [5.41, 5.74) is 0. The van der Waals surface area contributed by atoms with Crippen LogP contribution in [0.25, 0.3) is 0 Å². The molecule has 0 aromatic heterocycles. The monoisotopic (exact) mass is 365 g/mol. The van der Waals surface area contributed by atoms with E-state index >= 15 is 0 Å². The minimum Gasteiger partial charge on any atom is -0.870 e. The fraction of sp³-hybridized carbons (Fsp3) is 0.941. The summed E-state index contributed by atoms with van der Waals surface area (Å²) in [6.07, 6.45) is 8.73. The third-order valence-corrected chi connectivity index (χ3v) is 3.94. The molecule has 0 fully saturated rings. The van der Waals surface area contributed by atoms with Gasteiger partial charge >= 0.3 is 59.1 Å². The van der Waals surface area contributed by atoms with Crippen molar-refractivity contribution in [2.24, 2.45) is 0 Å². The number of carbonyl (C=O) groups excluding carboxylic acids is 1. The van der Waals surface area contributed by atoms with Crippen LogP contribution in [0, 0.1) is 0 Å². The Morgan fingerprint density at radius 1 is 0.667 bits per heavy atom. The van der Waals surface area contributed by atoms with Gasteiger partial charge in [0.2, 0.25) is 0 Å². The topological polar surface area (TPSA) is 93.2 Å². The van der Waals surface area contributed by atoms with Gasteiger partial charge in [-0.05, 0) is 31.8 Å². The summed E-state index contributed by atoms with van der Waals surface area (Å²) in [5, 5.41) is 16.7. The second-order valence-electron chi connectivity index (χ2n) is 5.90. The van der Waals surface area contributed by atoms with Crippen molar-refractivity contribution in [3.63, 3.8) is 0 Å². The van der Waals surface area contributed by atoms with Gasteiger partial charge in [0.1, 0.15) is 0 Å². The summed E-state index contributed by atoms with van der Waals surface area (Å²) >= 11 is 0. The normalized spacial score (nSPS) is 9.50. The summed E-state index contributed by atoms with van der Waals surface area (Å²) in [6.45, 7) is 15.0. The van der Waals surface area contributed by atoms with E-state index in [2.05, 4.69) is 27.7 Å². The Bertz CT molecular complexity index is 203. The van der Waals surface area contributed by atoms with Crippen molar-refractivity contribution < 1.29 is 84.1 Å². The van der Waals surface area contributed by atoms with Crippen LogP contribution in [-0.4, -0.2) is 42.3 Å². The molecule has 136 valence electrons. The Hall–Kier alpha value is 1.19. The summed E-state index contributed by atoms with van der Waals surface area (Å²) in [6, 6.07) is 0.